The molecule has 1 fully saturated rings. The molecule has 1 heterocycles. The Balaban J connectivity index is 1.82. The van der Waals surface area contributed by atoms with Crippen molar-refractivity contribution in [3.8, 4) is 0 Å². The van der Waals surface area contributed by atoms with Gasteiger partial charge in [-0.15, -0.1) is 0 Å². The SMILES string of the molecule is O=C(NC(C(=O)N1CCNCC1)c1ccccc1)c1ccccc1. The molecule has 1 unspecified atom stereocenters. The van der Waals surface area contributed by atoms with Crippen molar-refractivity contribution in [2.45, 2.75) is 6.04 Å². The molecule has 0 aromatic heterocycles. The van der Waals surface area contributed by atoms with Crippen LogP contribution in [0.3, 0.4) is 0 Å². The van der Waals surface area contributed by atoms with E-state index in [0.29, 0.717) is 18.7 Å². The van der Waals surface area contributed by atoms with Gasteiger partial charge in [-0.05, 0) is 17.7 Å². The van der Waals surface area contributed by atoms with Crippen LogP contribution in [-0.2, 0) is 4.79 Å². The van der Waals surface area contributed by atoms with E-state index >= 15 is 0 Å². The molecule has 1 atom stereocenters. The Morgan fingerprint density at radius 2 is 1.50 bits per heavy atom. The maximum Gasteiger partial charge on any atom is 0.252 e. The highest BCUT2D eigenvalue weighted by molar-refractivity contribution is 5.97. The molecule has 0 bridgehead atoms. The van der Waals surface area contributed by atoms with Crippen LogP contribution < -0.4 is 10.6 Å². The predicted octanol–water partition coefficient (Wildman–Crippen LogP) is 1.59. The van der Waals surface area contributed by atoms with Crippen LogP contribution in [0, 0.1) is 0 Å². The van der Waals surface area contributed by atoms with Gasteiger partial charge in [0.1, 0.15) is 6.04 Å². The summed E-state index contributed by atoms with van der Waals surface area (Å²) in [5, 5.41) is 6.13. The summed E-state index contributed by atoms with van der Waals surface area (Å²) < 4.78 is 0. The summed E-state index contributed by atoms with van der Waals surface area (Å²) in [5.41, 5.74) is 1.34. The van der Waals surface area contributed by atoms with Crippen molar-refractivity contribution in [1.29, 1.82) is 0 Å². The Morgan fingerprint density at radius 1 is 0.917 bits per heavy atom. The van der Waals surface area contributed by atoms with E-state index in [-0.39, 0.29) is 11.8 Å². The zero-order valence-electron chi connectivity index (χ0n) is 13.4. The summed E-state index contributed by atoms with van der Waals surface area (Å²) in [6, 6.07) is 17.7. The van der Waals surface area contributed by atoms with Crippen LogP contribution in [-0.4, -0.2) is 42.9 Å². The minimum Gasteiger partial charge on any atom is -0.338 e. The molecule has 24 heavy (non-hydrogen) atoms. The second-order valence-corrected chi connectivity index (χ2v) is 5.76. The minimum absolute atomic E-state index is 0.0630. The van der Waals surface area contributed by atoms with E-state index in [9.17, 15) is 9.59 Å². The molecule has 2 amide bonds. The average molecular weight is 323 g/mol. The van der Waals surface area contributed by atoms with E-state index in [0.717, 1.165) is 18.7 Å². The van der Waals surface area contributed by atoms with E-state index < -0.39 is 6.04 Å². The maximum absolute atomic E-state index is 12.9. The smallest absolute Gasteiger partial charge is 0.252 e. The number of carbonyl (C=O) groups excluding carboxylic acids is 2. The summed E-state index contributed by atoms with van der Waals surface area (Å²) in [6.07, 6.45) is 0. The Hall–Kier alpha value is -2.66. The van der Waals surface area contributed by atoms with Crippen molar-refractivity contribution in [3.63, 3.8) is 0 Å². The lowest BCUT2D eigenvalue weighted by Gasteiger charge is -2.31. The lowest BCUT2D eigenvalue weighted by atomic mass is 10.0. The number of carbonyl (C=O) groups is 2. The fraction of sp³-hybridized carbons (Fsp3) is 0.263. The van der Waals surface area contributed by atoms with Crippen molar-refractivity contribution in [1.82, 2.24) is 15.5 Å². The third kappa shape index (κ3) is 3.81. The van der Waals surface area contributed by atoms with Crippen molar-refractivity contribution >= 4 is 11.8 Å². The summed E-state index contributed by atoms with van der Waals surface area (Å²) >= 11 is 0. The van der Waals surface area contributed by atoms with Gasteiger partial charge in [0, 0.05) is 31.7 Å². The third-order valence-electron chi connectivity index (χ3n) is 4.12. The minimum atomic E-state index is -0.669. The van der Waals surface area contributed by atoms with Gasteiger partial charge in [-0.2, -0.15) is 0 Å². The standard InChI is InChI=1S/C19H21N3O2/c23-18(16-9-5-2-6-10-16)21-17(15-7-3-1-4-8-15)19(24)22-13-11-20-12-14-22/h1-10,17,20H,11-14H2,(H,21,23). The van der Waals surface area contributed by atoms with Gasteiger partial charge in [0.2, 0.25) is 5.91 Å². The monoisotopic (exact) mass is 323 g/mol. The number of hydrogen-bond acceptors (Lipinski definition) is 3. The molecule has 5 heteroatoms. The topological polar surface area (TPSA) is 61.4 Å². The normalized spacial score (nSPS) is 15.6. The molecular formula is C19H21N3O2. The highest BCUT2D eigenvalue weighted by Crippen LogP contribution is 2.17. The fourth-order valence-corrected chi connectivity index (χ4v) is 2.80. The highest BCUT2D eigenvalue weighted by Gasteiger charge is 2.28. The molecular weight excluding hydrogens is 302 g/mol. The van der Waals surface area contributed by atoms with Crippen LogP contribution in [0.25, 0.3) is 0 Å². The number of amides is 2. The van der Waals surface area contributed by atoms with Gasteiger partial charge in [-0.1, -0.05) is 48.5 Å². The first-order valence-electron chi connectivity index (χ1n) is 8.16. The molecule has 1 aliphatic rings. The summed E-state index contributed by atoms with van der Waals surface area (Å²) in [6.45, 7) is 2.87. The fourth-order valence-electron chi connectivity index (χ4n) is 2.80. The van der Waals surface area contributed by atoms with Crippen LogP contribution >= 0.6 is 0 Å². The van der Waals surface area contributed by atoms with Gasteiger partial charge in [-0.3, -0.25) is 9.59 Å². The molecule has 1 aliphatic heterocycles. The first-order chi connectivity index (χ1) is 11.8. The molecule has 124 valence electrons. The number of nitrogens with zero attached hydrogens (tertiary/aromatic N) is 1. The Kier molecular flexibility index (Phi) is 5.23. The maximum atomic E-state index is 12.9. The first-order valence-corrected chi connectivity index (χ1v) is 8.16. The van der Waals surface area contributed by atoms with E-state index in [1.807, 2.05) is 48.5 Å². The zero-order valence-corrected chi connectivity index (χ0v) is 13.4. The Morgan fingerprint density at radius 3 is 2.12 bits per heavy atom. The predicted molar refractivity (Wildman–Crippen MR) is 92.5 cm³/mol. The lowest BCUT2D eigenvalue weighted by molar-refractivity contribution is -0.134. The number of benzene rings is 2. The van der Waals surface area contributed by atoms with Crippen LogP contribution in [0.1, 0.15) is 22.0 Å². The molecule has 0 saturated carbocycles. The van der Waals surface area contributed by atoms with Crippen molar-refractivity contribution in [3.05, 3.63) is 71.8 Å². The molecule has 2 N–H and O–H groups in total. The Bertz CT molecular complexity index is 682. The number of rotatable bonds is 4. The van der Waals surface area contributed by atoms with Gasteiger partial charge in [0.15, 0.2) is 0 Å². The van der Waals surface area contributed by atoms with Gasteiger partial charge in [0.25, 0.3) is 5.91 Å². The largest absolute Gasteiger partial charge is 0.338 e. The number of nitrogens with one attached hydrogen (secondary N) is 2. The van der Waals surface area contributed by atoms with E-state index in [1.165, 1.54) is 0 Å². The number of hydrogen-bond donors (Lipinski definition) is 2. The van der Waals surface area contributed by atoms with Crippen molar-refractivity contribution < 1.29 is 9.59 Å². The van der Waals surface area contributed by atoms with Gasteiger partial charge >= 0.3 is 0 Å². The summed E-state index contributed by atoms with van der Waals surface area (Å²) in [5.74, 6) is -0.306. The summed E-state index contributed by atoms with van der Waals surface area (Å²) in [4.78, 5) is 27.3. The molecule has 5 nitrogen and oxygen atoms in total. The highest BCUT2D eigenvalue weighted by atomic mass is 16.2. The molecule has 0 spiro atoms. The Labute approximate surface area is 141 Å². The third-order valence-corrected chi connectivity index (χ3v) is 4.12. The second-order valence-electron chi connectivity index (χ2n) is 5.76. The molecule has 0 radical (unpaired) electrons. The van der Waals surface area contributed by atoms with Gasteiger partial charge in [-0.25, -0.2) is 0 Å². The lowest BCUT2D eigenvalue weighted by Crippen LogP contribution is -2.50. The molecule has 2 aromatic carbocycles. The summed E-state index contributed by atoms with van der Waals surface area (Å²) in [7, 11) is 0. The van der Waals surface area contributed by atoms with Crippen LogP contribution in [0.5, 0.6) is 0 Å². The van der Waals surface area contributed by atoms with Gasteiger partial charge < -0.3 is 15.5 Å². The van der Waals surface area contributed by atoms with Crippen LogP contribution in [0.15, 0.2) is 60.7 Å². The number of piperazine rings is 1. The van der Waals surface area contributed by atoms with Crippen molar-refractivity contribution in [2.24, 2.45) is 0 Å². The van der Waals surface area contributed by atoms with E-state index in [1.54, 1.807) is 17.0 Å². The molecule has 2 aromatic rings. The van der Waals surface area contributed by atoms with Crippen molar-refractivity contribution in [2.75, 3.05) is 26.2 Å². The van der Waals surface area contributed by atoms with E-state index in [2.05, 4.69) is 10.6 Å². The quantitative estimate of drug-likeness (QED) is 0.898. The molecule has 1 saturated heterocycles. The van der Waals surface area contributed by atoms with Gasteiger partial charge in [0.05, 0.1) is 0 Å². The second kappa shape index (κ2) is 7.75. The van der Waals surface area contributed by atoms with Crippen LogP contribution in [0.4, 0.5) is 0 Å². The first kappa shape index (κ1) is 16.2. The molecule has 0 aliphatic carbocycles. The van der Waals surface area contributed by atoms with Crippen LogP contribution in [0.2, 0.25) is 0 Å². The average Bonchev–Trinajstić information content (AvgIpc) is 2.67. The molecule has 3 rings (SSSR count). The zero-order chi connectivity index (χ0) is 16.8. The van der Waals surface area contributed by atoms with E-state index in [4.69, 9.17) is 0 Å².